The van der Waals surface area contributed by atoms with Gasteiger partial charge in [-0.15, -0.1) is 0 Å². The van der Waals surface area contributed by atoms with Gasteiger partial charge in [0.15, 0.2) is 0 Å². The van der Waals surface area contributed by atoms with Crippen LogP contribution >= 0.6 is 0 Å². The summed E-state index contributed by atoms with van der Waals surface area (Å²) in [5, 5.41) is 2.48. The van der Waals surface area contributed by atoms with Gasteiger partial charge in [-0.25, -0.2) is 0 Å². The Morgan fingerprint density at radius 3 is 2.02 bits per heavy atom. The molecule has 1 fully saturated rings. The van der Waals surface area contributed by atoms with Crippen molar-refractivity contribution in [1.29, 1.82) is 0 Å². The first-order chi connectivity index (χ1) is 19.1. The van der Waals surface area contributed by atoms with Gasteiger partial charge >= 0.3 is 7.12 Å². The lowest BCUT2D eigenvalue weighted by Crippen LogP contribution is -2.41. The van der Waals surface area contributed by atoms with E-state index in [0.717, 1.165) is 16.7 Å². The average molecular weight is 523 g/mol. The highest BCUT2D eigenvalue weighted by atomic mass is 16.7. The number of rotatable bonds is 3. The fraction of sp³-hybridized carbons (Fsp3) is 0.250. The van der Waals surface area contributed by atoms with Crippen LogP contribution in [0.1, 0.15) is 52.7 Å². The zero-order valence-electron chi connectivity index (χ0n) is 24.1. The van der Waals surface area contributed by atoms with Gasteiger partial charge in [0.1, 0.15) is 0 Å². The minimum atomic E-state index is -0.431. The molecule has 198 valence electrons. The summed E-state index contributed by atoms with van der Waals surface area (Å²) in [6.07, 6.45) is 1.91. The van der Waals surface area contributed by atoms with Gasteiger partial charge in [0.05, 0.1) is 16.9 Å². The molecule has 0 unspecified atom stereocenters. The van der Waals surface area contributed by atoms with Gasteiger partial charge < -0.3 is 9.31 Å². The summed E-state index contributed by atoms with van der Waals surface area (Å²) in [6.45, 7) is 13.0. The molecule has 4 aromatic carbocycles. The largest absolute Gasteiger partial charge is 0.496 e. The first-order valence-electron chi connectivity index (χ1n) is 14.2. The molecule has 0 bridgehead atoms. The highest BCUT2D eigenvalue weighted by Crippen LogP contribution is 2.54. The monoisotopic (exact) mass is 523 g/mol. The highest BCUT2D eigenvalue weighted by molar-refractivity contribution is 6.62. The quantitative estimate of drug-likeness (QED) is 0.224. The van der Waals surface area contributed by atoms with Crippen LogP contribution in [-0.2, 0) is 14.7 Å². The van der Waals surface area contributed by atoms with Crippen LogP contribution in [-0.4, -0.2) is 23.3 Å². The molecule has 4 heteroatoms. The summed E-state index contributed by atoms with van der Waals surface area (Å²) in [5.74, 6) is 0. The molecule has 0 radical (unpaired) electrons. The summed E-state index contributed by atoms with van der Waals surface area (Å²) in [5.41, 5.74) is 9.90. The number of fused-ring (bicyclic) bond motifs is 4. The maximum atomic E-state index is 6.29. The molecular weight excluding hydrogens is 489 g/mol. The van der Waals surface area contributed by atoms with Crippen LogP contribution in [0.4, 0.5) is 0 Å². The zero-order valence-corrected chi connectivity index (χ0v) is 24.1. The summed E-state index contributed by atoms with van der Waals surface area (Å²) in [7, 11) is -0.431. The lowest BCUT2D eigenvalue weighted by atomic mass is 9.76. The van der Waals surface area contributed by atoms with Crippen molar-refractivity contribution in [1.82, 2.24) is 4.98 Å². The number of benzene rings is 4. The first kappa shape index (κ1) is 25.3. The van der Waals surface area contributed by atoms with Crippen molar-refractivity contribution < 1.29 is 9.31 Å². The standard InChI is InChI=1S/C36H34BNO2/c1-34(2)30-14-10-9-13-27(30)28-18-19-29(32(33(28)34)25-16-15-23-11-7-8-12-24(23)21-25)31-20-17-26(22-38-31)37-39-35(3,4)36(5,6)40-37/h7-22H,1-6H3. The van der Waals surface area contributed by atoms with Gasteiger partial charge in [0, 0.05) is 22.6 Å². The van der Waals surface area contributed by atoms with Crippen LogP contribution in [0.25, 0.3) is 44.3 Å². The van der Waals surface area contributed by atoms with Gasteiger partial charge in [0.2, 0.25) is 0 Å². The van der Waals surface area contributed by atoms with E-state index in [2.05, 4.69) is 133 Å². The number of nitrogens with zero attached hydrogens (tertiary/aromatic N) is 1. The van der Waals surface area contributed by atoms with Crippen LogP contribution in [0.2, 0.25) is 0 Å². The number of pyridine rings is 1. The lowest BCUT2D eigenvalue weighted by Gasteiger charge is -2.32. The molecule has 0 spiro atoms. The van der Waals surface area contributed by atoms with E-state index in [9.17, 15) is 0 Å². The van der Waals surface area contributed by atoms with Gasteiger partial charge in [-0.2, -0.15) is 0 Å². The van der Waals surface area contributed by atoms with Gasteiger partial charge in [-0.05, 0) is 84.0 Å². The molecule has 1 aromatic heterocycles. The second-order valence-corrected chi connectivity index (χ2v) is 12.7. The fourth-order valence-corrected chi connectivity index (χ4v) is 6.42. The zero-order chi connectivity index (χ0) is 27.9. The molecule has 0 saturated carbocycles. The van der Waals surface area contributed by atoms with E-state index in [1.165, 1.54) is 44.2 Å². The predicted octanol–water partition coefficient (Wildman–Crippen LogP) is 8.17. The number of aromatic nitrogens is 1. The molecule has 0 amide bonds. The SMILES string of the molecule is CC1(C)c2ccccc2-c2ccc(-c3ccc(B4OC(C)(C)C(C)(C)O4)cn3)c(-c3ccc4ccccc4c3)c21. The lowest BCUT2D eigenvalue weighted by molar-refractivity contribution is 0.00578. The Morgan fingerprint density at radius 2 is 1.30 bits per heavy atom. The Balaban J connectivity index is 1.41. The van der Waals surface area contributed by atoms with Crippen molar-refractivity contribution in [2.75, 3.05) is 0 Å². The first-order valence-corrected chi connectivity index (χ1v) is 14.2. The smallest absolute Gasteiger partial charge is 0.399 e. The normalized spacial score (nSPS) is 18.1. The molecular formula is C36H34BNO2. The summed E-state index contributed by atoms with van der Waals surface area (Å²) >= 11 is 0. The van der Waals surface area contributed by atoms with E-state index in [4.69, 9.17) is 14.3 Å². The van der Waals surface area contributed by atoms with Gasteiger partial charge in [-0.1, -0.05) is 92.7 Å². The third kappa shape index (κ3) is 3.70. The average Bonchev–Trinajstić information content (AvgIpc) is 3.32. The Labute approximate surface area is 237 Å². The minimum Gasteiger partial charge on any atom is -0.399 e. The van der Waals surface area contributed by atoms with Crippen molar-refractivity contribution in [3.05, 3.63) is 108 Å². The van der Waals surface area contributed by atoms with Crippen LogP contribution in [0, 0.1) is 0 Å². The maximum Gasteiger partial charge on any atom is 0.496 e. The molecule has 1 saturated heterocycles. The van der Waals surface area contributed by atoms with Crippen LogP contribution in [0.15, 0.2) is 97.2 Å². The molecule has 2 aliphatic rings. The molecule has 7 rings (SSSR count). The molecule has 3 nitrogen and oxygen atoms in total. The van der Waals surface area contributed by atoms with Gasteiger partial charge in [-0.3, -0.25) is 4.98 Å². The Bertz CT molecular complexity index is 1770. The third-order valence-electron chi connectivity index (χ3n) is 9.35. The molecule has 2 heterocycles. The van der Waals surface area contributed by atoms with Crippen molar-refractivity contribution in [2.45, 2.75) is 58.2 Å². The second kappa shape index (κ2) is 8.64. The predicted molar refractivity (Wildman–Crippen MR) is 166 cm³/mol. The van der Waals surface area contributed by atoms with E-state index in [0.29, 0.717) is 0 Å². The highest BCUT2D eigenvalue weighted by Gasteiger charge is 2.51. The summed E-state index contributed by atoms with van der Waals surface area (Å²) < 4.78 is 12.6. The van der Waals surface area contributed by atoms with Crippen LogP contribution in [0.5, 0.6) is 0 Å². The van der Waals surface area contributed by atoms with Crippen molar-refractivity contribution in [3.63, 3.8) is 0 Å². The Kier molecular flexibility index (Phi) is 5.45. The molecule has 1 aliphatic heterocycles. The molecule has 5 aromatic rings. The van der Waals surface area contributed by atoms with Gasteiger partial charge in [0.25, 0.3) is 0 Å². The second-order valence-electron chi connectivity index (χ2n) is 12.7. The summed E-state index contributed by atoms with van der Waals surface area (Å²) in [4.78, 5) is 5.00. The van der Waals surface area contributed by atoms with E-state index in [1.807, 2.05) is 6.20 Å². The number of hydrogen-bond donors (Lipinski definition) is 0. The topological polar surface area (TPSA) is 31.4 Å². The number of hydrogen-bond acceptors (Lipinski definition) is 3. The molecule has 40 heavy (non-hydrogen) atoms. The van der Waals surface area contributed by atoms with E-state index in [1.54, 1.807) is 0 Å². The fourth-order valence-electron chi connectivity index (χ4n) is 6.42. The van der Waals surface area contributed by atoms with Crippen LogP contribution < -0.4 is 5.46 Å². The van der Waals surface area contributed by atoms with Crippen LogP contribution in [0.3, 0.4) is 0 Å². The molecule has 0 atom stereocenters. The Hall–Kier alpha value is -3.73. The van der Waals surface area contributed by atoms with E-state index in [-0.39, 0.29) is 16.6 Å². The van der Waals surface area contributed by atoms with Crippen molar-refractivity contribution >= 4 is 23.4 Å². The van der Waals surface area contributed by atoms with Crippen molar-refractivity contribution in [2.24, 2.45) is 0 Å². The minimum absolute atomic E-state index is 0.147. The summed E-state index contributed by atoms with van der Waals surface area (Å²) in [6, 6.07) is 33.0. The van der Waals surface area contributed by atoms with E-state index < -0.39 is 7.12 Å². The third-order valence-corrected chi connectivity index (χ3v) is 9.35. The van der Waals surface area contributed by atoms with Crippen molar-refractivity contribution in [3.8, 4) is 33.5 Å². The van der Waals surface area contributed by atoms with E-state index >= 15 is 0 Å². The molecule has 1 aliphatic carbocycles. The Morgan fingerprint density at radius 1 is 0.625 bits per heavy atom. The molecule has 0 N–H and O–H groups in total. The maximum absolute atomic E-state index is 6.29.